The van der Waals surface area contributed by atoms with E-state index in [0.717, 1.165) is 5.56 Å². The standard InChI is InChI=1S/C9H13FN2.C2H6/c1-7(2)12-5-8-3-9(10)6-11-4-8;1-2/h3-4,6-7,12H,5H2,1-2H3;1-2H3. The van der Waals surface area contributed by atoms with Crippen molar-refractivity contribution < 1.29 is 4.39 Å². The molecule has 0 aromatic carbocycles. The van der Waals surface area contributed by atoms with Crippen LogP contribution in [0.1, 0.15) is 33.3 Å². The van der Waals surface area contributed by atoms with E-state index in [9.17, 15) is 4.39 Å². The SMILES string of the molecule is CC.CC(C)NCc1cncc(F)c1. The normalized spacial score (nSPS) is 9.57. The highest BCUT2D eigenvalue weighted by Gasteiger charge is 1.96. The minimum Gasteiger partial charge on any atom is -0.310 e. The van der Waals surface area contributed by atoms with Crippen LogP contribution in [0.25, 0.3) is 0 Å². The Morgan fingerprint density at radius 2 is 2.00 bits per heavy atom. The lowest BCUT2D eigenvalue weighted by molar-refractivity contribution is 0.578. The monoisotopic (exact) mass is 198 g/mol. The van der Waals surface area contributed by atoms with Crippen molar-refractivity contribution in [1.29, 1.82) is 0 Å². The Morgan fingerprint density at radius 1 is 1.36 bits per heavy atom. The molecule has 0 atom stereocenters. The predicted octanol–water partition coefficient (Wildman–Crippen LogP) is 2.74. The summed E-state index contributed by atoms with van der Waals surface area (Å²) >= 11 is 0. The number of halogens is 1. The van der Waals surface area contributed by atoms with Gasteiger partial charge in [0.2, 0.25) is 0 Å². The number of hydrogen-bond donors (Lipinski definition) is 1. The molecule has 0 saturated carbocycles. The van der Waals surface area contributed by atoms with Crippen molar-refractivity contribution in [2.75, 3.05) is 0 Å². The summed E-state index contributed by atoms with van der Waals surface area (Å²) < 4.78 is 12.6. The molecule has 0 bridgehead atoms. The number of nitrogens with one attached hydrogen (secondary N) is 1. The largest absolute Gasteiger partial charge is 0.310 e. The Kier molecular flexibility index (Phi) is 6.93. The topological polar surface area (TPSA) is 24.9 Å². The minimum absolute atomic E-state index is 0.280. The number of hydrogen-bond acceptors (Lipinski definition) is 2. The molecule has 0 unspecified atom stereocenters. The molecule has 1 aromatic rings. The summed E-state index contributed by atoms with van der Waals surface area (Å²) in [5.41, 5.74) is 0.878. The van der Waals surface area contributed by atoms with Crippen LogP contribution in [-0.2, 0) is 6.54 Å². The first-order valence-electron chi connectivity index (χ1n) is 5.01. The van der Waals surface area contributed by atoms with Gasteiger partial charge in [-0.25, -0.2) is 4.39 Å². The van der Waals surface area contributed by atoms with E-state index >= 15 is 0 Å². The van der Waals surface area contributed by atoms with E-state index in [1.807, 2.05) is 27.7 Å². The molecule has 0 spiro atoms. The highest BCUT2D eigenvalue weighted by molar-refractivity contribution is 5.09. The lowest BCUT2D eigenvalue weighted by Crippen LogP contribution is -2.21. The van der Waals surface area contributed by atoms with Gasteiger partial charge in [0, 0.05) is 18.8 Å². The van der Waals surface area contributed by atoms with Gasteiger partial charge in [0.25, 0.3) is 0 Å². The quantitative estimate of drug-likeness (QED) is 0.807. The summed E-state index contributed by atoms with van der Waals surface area (Å²) in [4.78, 5) is 3.75. The maximum absolute atomic E-state index is 12.6. The number of nitrogens with zero attached hydrogens (tertiary/aromatic N) is 1. The molecule has 0 aliphatic heterocycles. The van der Waals surface area contributed by atoms with Crippen LogP contribution in [-0.4, -0.2) is 11.0 Å². The number of aromatic nitrogens is 1. The summed E-state index contributed by atoms with van der Waals surface area (Å²) in [6.07, 6.45) is 2.87. The molecular weight excluding hydrogens is 179 g/mol. The predicted molar refractivity (Wildman–Crippen MR) is 57.5 cm³/mol. The van der Waals surface area contributed by atoms with Gasteiger partial charge in [0.1, 0.15) is 5.82 Å². The first-order chi connectivity index (χ1) is 6.68. The van der Waals surface area contributed by atoms with Gasteiger partial charge in [-0.2, -0.15) is 0 Å². The average molecular weight is 198 g/mol. The minimum atomic E-state index is -0.280. The van der Waals surface area contributed by atoms with Crippen molar-refractivity contribution in [3.63, 3.8) is 0 Å². The molecule has 1 N–H and O–H groups in total. The van der Waals surface area contributed by atoms with E-state index in [2.05, 4.69) is 10.3 Å². The molecule has 3 heteroatoms. The van der Waals surface area contributed by atoms with Crippen LogP contribution in [0.4, 0.5) is 4.39 Å². The van der Waals surface area contributed by atoms with Gasteiger partial charge < -0.3 is 5.32 Å². The molecule has 0 amide bonds. The van der Waals surface area contributed by atoms with E-state index in [1.54, 1.807) is 6.20 Å². The molecule has 1 aromatic heterocycles. The molecule has 0 aliphatic carbocycles. The first kappa shape index (κ1) is 13.0. The highest BCUT2D eigenvalue weighted by Crippen LogP contribution is 2.00. The van der Waals surface area contributed by atoms with E-state index in [4.69, 9.17) is 0 Å². The third-order valence-corrected chi connectivity index (χ3v) is 1.48. The molecule has 1 heterocycles. The van der Waals surface area contributed by atoms with Gasteiger partial charge in [-0.05, 0) is 11.6 Å². The van der Waals surface area contributed by atoms with E-state index in [1.165, 1.54) is 12.3 Å². The van der Waals surface area contributed by atoms with Crippen molar-refractivity contribution in [3.8, 4) is 0 Å². The van der Waals surface area contributed by atoms with E-state index in [0.29, 0.717) is 12.6 Å². The zero-order valence-electron chi connectivity index (χ0n) is 9.34. The van der Waals surface area contributed by atoms with Crippen LogP contribution in [0.3, 0.4) is 0 Å². The molecule has 80 valence electrons. The van der Waals surface area contributed by atoms with Crippen molar-refractivity contribution in [2.24, 2.45) is 0 Å². The fourth-order valence-corrected chi connectivity index (χ4v) is 0.875. The molecule has 2 nitrogen and oxygen atoms in total. The summed E-state index contributed by atoms with van der Waals surface area (Å²) in [6.45, 7) is 8.77. The fourth-order valence-electron chi connectivity index (χ4n) is 0.875. The molecule has 0 saturated heterocycles. The van der Waals surface area contributed by atoms with Gasteiger partial charge in [-0.1, -0.05) is 27.7 Å². The number of rotatable bonds is 3. The van der Waals surface area contributed by atoms with Gasteiger partial charge in [-0.3, -0.25) is 4.98 Å². The Morgan fingerprint density at radius 3 is 2.50 bits per heavy atom. The Bertz CT molecular complexity index is 249. The molecule has 0 radical (unpaired) electrons. The van der Waals surface area contributed by atoms with Gasteiger partial charge >= 0.3 is 0 Å². The van der Waals surface area contributed by atoms with Crippen molar-refractivity contribution in [3.05, 3.63) is 29.8 Å². The van der Waals surface area contributed by atoms with Crippen molar-refractivity contribution >= 4 is 0 Å². The zero-order valence-corrected chi connectivity index (χ0v) is 9.34. The average Bonchev–Trinajstić information content (AvgIpc) is 2.18. The van der Waals surface area contributed by atoms with Gasteiger partial charge in [0.05, 0.1) is 6.20 Å². The maximum Gasteiger partial charge on any atom is 0.141 e. The smallest absolute Gasteiger partial charge is 0.141 e. The Hall–Kier alpha value is -0.960. The van der Waals surface area contributed by atoms with Crippen LogP contribution < -0.4 is 5.32 Å². The molecule has 1 rings (SSSR count). The summed E-state index contributed by atoms with van der Waals surface area (Å²) in [7, 11) is 0. The zero-order chi connectivity index (χ0) is 11.0. The van der Waals surface area contributed by atoms with Crippen LogP contribution in [0.5, 0.6) is 0 Å². The lowest BCUT2D eigenvalue weighted by atomic mass is 10.2. The lowest BCUT2D eigenvalue weighted by Gasteiger charge is -2.06. The van der Waals surface area contributed by atoms with Crippen LogP contribution >= 0.6 is 0 Å². The van der Waals surface area contributed by atoms with Crippen molar-refractivity contribution in [1.82, 2.24) is 10.3 Å². The molecular formula is C11H19FN2. The van der Waals surface area contributed by atoms with Crippen LogP contribution in [0.15, 0.2) is 18.5 Å². The van der Waals surface area contributed by atoms with Gasteiger partial charge in [-0.15, -0.1) is 0 Å². The third kappa shape index (κ3) is 5.65. The van der Waals surface area contributed by atoms with Crippen LogP contribution in [0.2, 0.25) is 0 Å². The second-order valence-corrected chi connectivity index (χ2v) is 3.05. The molecule has 14 heavy (non-hydrogen) atoms. The molecule has 0 fully saturated rings. The number of pyridine rings is 1. The second-order valence-electron chi connectivity index (χ2n) is 3.05. The van der Waals surface area contributed by atoms with E-state index in [-0.39, 0.29) is 5.82 Å². The first-order valence-corrected chi connectivity index (χ1v) is 5.01. The van der Waals surface area contributed by atoms with Crippen LogP contribution in [0, 0.1) is 5.82 Å². The third-order valence-electron chi connectivity index (χ3n) is 1.48. The Balaban J connectivity index is 0.000000791. The van der Waals surface area contributed by atoms with Crippen molar-refractivity contribution in [2.45, 2.75) is 40.3 Å². The summed E-state index contributed by atoms with van der Waals surface area (Å²) in [6, 6.07) is 1.90. The summed E-state index contributed by atoms with van der Waals surface area (Å²) in [5, 5.41) is 3.18. The molecule has 0 aliphatic rings. The van der Waals surface area contributed by atoms with Gasteiger partial charge in [0.15, 0.2) is 0 Å². The fraction of sp³-hybridized carbons (Fsp3) is 0.545. The summed E-state index contributed by atoms with van der Waals surface area (Å²) in [5.74, 6) is -0.280. The van der Waals surface area contributed by atoms with E-state index < -0.39 is 0 Å². The maximum atomic E-state index is 12.6. The highest BCUT2D eigenvalue weighted by atomic mass is 19.1. The Labute approximate surface area is 85.6 Å². The second kappa shape index (κ2) is 7.44.